The molecule has 194 valence electrons. The van der Waals surface area contributed by atoms with Crippen molar-refractivity contribution in [3.05, 3.63) is 0 Å². The summed E-state index contributed by atoms with van der Waals surface area (Å²) in [6.07, 6.45) is 1.93. The van der Waals surface area contributed by atoms with Crippen LogP contribution in [0.5, 0.6) is 0 Å². The number of Topliss-reactive ketones (excluding diaryl/α,β-unsaturated/α-hetero) is 1. The van der Waals surface area contributed by atoms with Gasteiger partial charge in [0.2, 0.25) is 11.8 Å². The van der Waals surface area contributed by atoms with Gasteiger partial charge in [0.25, 0.3) is 0 Å². The molecule has 33 heavy (non-hydrogen) atoms. The molecule has 0 rings (SSSR count). The first-order valence-corrected chi connectivity index (χ1v) is 11.6. The van der Waals surface area contributed by atoms with E-state index in [0.717, 1.165) is 6.42 Å². The molecule has 0 heterocycles. The van der Waals surface area contributed by atoms with Gasteiger partial charge in [-0.15, -0.1) is 0 Å². The molecule has 0 aromatic heterocycles. The minimum atomic E-state index is -0.202. The maximum atomic E-state index is 11.7. The van der Waals surface area contributed by atoms with Crippen LogP contribution in [0.1, 0.15) is 33.1 Å². The van der Waals surface area contributed by atoms with Crippen molar-refractivity contribution in [3.63, 3.8) is 0 Å². The highest BCUT2D eigenvalue weighted by molar-refractivity contribution is 5.79. The maximum absolute atomic E-state index is 11.7. The van der Waals surface area contributed by atoms with Crippen LogP contribution in [0.3, 0.4) is 0 Å². The third kappa shape index (κ3) is 24.8. The molecule has 0 aliphatic heterocycles. The fraction of sp³-hybridized carbons (Fsp3) is 0.864. The molecule has 0 bridgehead atoms. The number of ketones is 1. The number of ether oxygens (including phenoxy) is 6. The Morgan fingerprint density at radius 3 is 1.70 bits per heavy atom. The van der Waals surface area contributed by atoms with E-state index in [-0.39, 0.29) is 37.4 Å². The molecular weight excluding hydrogens is 436 g/mol. The van der Waals surface area contributed by atoms with E-state index in [1.165, 1.54) is 0 Å². The van der Waals surface area contributed by atoms with E-state index in [1.54, 1.807) is 0 Å². The Morgan fingerprint density at radius 2 is 1.09 bits per heavy atom. The van der Waals surface area contributed by atoms with E-state index in [4.69, 9.17) is 28.4 Å². The molecule has 0 atom stereocenters. The van der Waals surface area contributed by atoms with Gasteiger partial charge in [0, 0.05) is 32.7 Å². The summed E-state index contributed by atoms with van der Waals surface area (Å²) in [5, 5.41) is 5.32. The lowest BCUT2D eigenvalue weighted by Crippen LogP contribution is -2.31. The van der Waals surface area contributed by atoms with E-state index in [0.29, 0.717) is 85.4 Å². The Morgan fingerprint density at radius 1 is 0.576 bits per heavy atom. The van der Waals surface area contributed by atoms with Crippen LogP contribution in [0.4, 0.5) is 0 Å². The molecule has 2 N–H and O–H groups in total. The van der Waals surface area contributed by atoms with Crippen LogP contribution in [-0.4, -0.2) is 110 Å². The average molecular weight is 479 g/mol. The van der Waals surface area contributed by atoms with Crippen LogP contribution in [0.15, 0.2) is 0 Å². The number of carbonyl (C=O) groups is 3. The summed E-state index contributed by atoms with van der Waals surface area (Å²) in [5.74, 6) is -0.351. The van der Waals surface area contributed by atoms with E-state index in [2.05, 4.69) is 10.6 Å². The summed E-state index contributed by atoms with van der Waals surface area (Å²) < 4.78 is 31.6. The molecule has 0 unspecified atom stereocenters. The van der Waals surface area contributed by atoms with Crippen molar-refractivity contribution in [1.29, 1.82) is 0 Å². The lowest BCUT2D eigenvalue weighted by atomic mass is 10.2. The number of rotatable bonds is 25. The molecule has 0 saturated carbocycles. The van der Waals surface area contributed by atoms with Gasteiger partial charge in [0.05, 0.1) is 46.2 Å². The van der Waals surface area contributed by atoms with Gasteiger partial charge in [-0.2, -0.15) is 0 Å². The maximum Gasteiger partial charge on any atom is 0.246 e. The third-order valence-electron chi connectivity index (χ3n) is 3.88. The van der Waals surface area contributed by atoms with Crippen LogP contribution in [0.2, 0.25) is 0 Å². The molecule has 0 aromatic carbocycles. The Balaban J connectivity index is 3.30. The number of likely N-dealkylation sites (N-methyl/N-ethyl adjacent to an activating group) is 1. The van der Waals surface area contributed by atoms with E-state index in [1.807, 2.05) is 13.8 Å². The molecule has 11 heteroatoms. The molecule has 0 aliphatic rings. The summed E-state index contributed by atoms with van der Waals surface area (Å²) in [5.41, 5.74) is 0. The zero-order valence-electron chi connectivity index (χ0n) is 20.2. The topological polar surface area (TPSA) is 131 Å². The Bertz CT molecular complexity index is 492. The van der Waals surface area contributed by atoms with Crippen molar-refractivity contribution in [3.8, 4) is 0 Å². The van der Waals surface area contributed by atoms with E-state index >= 15 is 0 Å². The van der Waals surface area contributed by atoms with Crippen LogP contribution < -0.4 is 10.6 Å². The second kappa shape index (κ2) is 25.0. The SMILES string of the molecule is CCCOCCOCC(=O)NCCOCCOCC(=O)CCCOCCOCC(=O)NCC. The standard InChI is InChI=1S/C22H42N2O9/c1-3-8-28-11-15-33-19-22(27)24-7-10-30-13-14-31-17-20(25)6-5-9-29-12-16-32-18-21(26)23-4-2/h3-19H2,1-2H3,(H,23,26)(H,24,27). The number of amides is 2. The lowest BCUT2D eigenvalue weighted by Gasteiger charge is -2.08. The normalized spacial score (nSPS) is 10.8. The summed E-state index contributed by atoms with van der Waals surface area (Å²) in [4.78, 5) is 34.4. The summed E-state index contributed by atoms with van der Waals surface area (Å²) in [6.45, 7) is 8.62. The molecular formula is C22H42N2O9. The van der Waals surface area contributed by atoms with Gasteiger partial charge in [-0.25, -0.2) is 0 Å². The molecule has 0 aliphatic carbocycles. The highest BCUT2D eigenvalue weighted by Gasteiger charge is 2.04. The third-order valence-corrected chi connectivity index (χ3v) is 3.88. The van der Waals surface area contributed by atoms with Gasteiger partial charge in [0.15, 0.2) is 5.78 Å². The first kappa shape index (κ1) is 31.4. The van der Waals surface area contributed by atoms with E-state index in [9.17, 15) is 14.4 Å². The van der Waals surface area contributed by atoms with Crippen LogP contribution in [0, 0.1) is 0 Å². The van der Waals surface area contributed by atoms with Crippen molar-refractivity contribution in [2.75, 3.05) is 92.4 Å². The fourth-order valence-corrected chi connectivity index (χ4v) is 2.33. The smallest absolute Gasteiger partial charge is 0.246 e. The second-order valence-electron chi connectivity index (χ2n) is 6.94. The predicted molar refractivity (Wildman–Crippen MR) is 121 cm³/mol. The molecule has 0 spiro atoms. The van der Waals surface area contributed by atoms with Crippen LogP contribution in [0.25, 0.3) is 0 Å². The Labute approximate surface area is 197 Å². The molecule has 0 aromatic rings. The largest absolute Gasteiger partial charge is 0.379 e. The summed E-state index contributed by atoms with van der Waals surface area (Å²) in [6, 6.07) is 0. The van der Waals surface area contributed by atoms with Crippen molar-refractivity contribution in [1.82, 2.24) is 10.6 Å². The predicted octanol–water partition coefficient (Wildman–Crippen LogP) is 0.0976. The van der Waals surface area contributed by atoms with Gasteiger partial charge in [-0.3, -0.25) is 14.4 Å². The molecule has 2 amide bonds. The highest BCUT2D eigenvalue weighted by Crippen LogP contribution is 1.94. The quantitative estimate of drug-likeness (QED) is 0.175. The zero-order chi connectivity index (χ0) is 24.4. The number of nitrogens with one attached hydrogen (secondary N) is 2. The van der Waals surface area contributed by atoms with Gasteiger partial charge >= 0.3 is 0 Å². The van der Waals surface area contributed by atoms with Gasteiger partial charge in [-0.05, 0) is 19.8 Å². The average Bonchev–Trinajstić information content (AvgIpc) is 2.79. The van der Waals surface area contributed by atoms with Crippen molar-refractivity contribution in [2.24, 2.45) is 0 Å². The first-order valence-electron chi connectivity index (χ1n) is 11.6. The fourth-order valence-electron chi connectivity index (χ4n) is 2.33. The molecule has 0 radical (unpaired) electrons. The van der Waals surface area contributed by atoms with Gasteiger partial charge in [0.1, 0.15) is 19.8 Å². The van der Waals surface area contributed by atoms with Crippen LogP contribution >= 0.6 is 0 Å². The summed E-state index contributed by atoms with van der Waals surface area (Å²) in [7, 11) is 0. The van der Waals surface area contributed by atoms with Gasteiger partial charge < -0.3 is 39.1 Å². The molecule has 11 nitrogen and oxygen atoms in total. The first-order chi connectivity index (χ1) is 16.1. The van der Waals surface area contributed by atoms with Crippen molar-refractivity contribution >= 4 is 17.6 Å². The lowest BCUT2D eigenvalue weighted by molar-refractivity contribution is -0.127. The highest BCUT2D eigenvalue weighted by atomic mass is 16.5. The Hall–Kier alpha value is -1.63. The van der Waals surface area contributed by atoms with Crippen molar-refractivity contribution in [2.45, 2.75) is 33.1 Å². The molecule has 0 fully saturated rings. The minimum absolute atomic E-state index is 0.00144. The Kier molecular flexibility index (Phi) is 23.8. The summed E-state index contributed by atoms with van der Waals surface area (Å²) >= 11 is 0. The number of carbonyl (C=O) groups excluding carboxylic acids is 3. The van der Waals surface area contributed by atoms with E-state index < -0.39 is 0 Å². The van der Waals surface area contributed by atoms with Gasteiger partial charge in [-0.1, -0.05) is 6.92 Å². The zero-order valence-corrected chi connectivity index (χ0v) is 20.2. The van der Waals surface area contributed by atoms with Crippen LogP contribution in [-0.2, 0) is 42.8 Å². The molecule has 0 saturated heterocycles. The number of hydrogen-bond acceptors (Lipinski definition) is 9. The van der Waals surface area contributed by atoms with Crippen molar-refractivity contribution < 1.29 is 42.8 Å². The number of hydrogen-bond donors (Lipinski definition) is 2. The minimum Gasteiger partial charge on any atom is -0.379 e. The second-order valence-corrected chi connectivity index (χ2v) is 6.94. The monoisotopic (exact) mass is 478 g/mol.